The summed E-state index contributed by atoms with van der Waals surface area (Å²) in [7, 11) is 1.61. The van der Waals surface area contributed by atoms with Gasteiger partial charge in [-0.05, 0) is 19.1 Å². The molecule has 0 radical (unpaired) electrons. The van der Waals surface area contributed by atoms with Gasteiger partial charge in [-0.1, -0.05) is 12.1 Å². The Bertz CT molecular complexity index is 598. The first kappa shape index (κ1) is 12.3. The molecule has 0 bridgehead atoms. The van der Waals surface area contributed by atoms with Crippen molar-refractivity contribution in [2.75, 3.05) is 7.05 Å². The summed E-state index contributed by atoms with van der Waals surface area (Å²) < 4.78 is 26.8. The number of amidine groups is 1. The molecule has 0 unspecified atom stereocenters. The van der Waals surface area contributed by atoms with E-state index < -0.39 is 11.6 Å². The second-order valence-corrected chi connectivity index (χ2v) is 3.60. The monoisotopic (exact) mass is 247 g/mol. The fraction of sp³-hybridized carbons (Fsp3) is 0.154. The van der Waals surface area contributed by atoms with Gasteiger partial charge in [0.1, 0.15) is 5.71 Å². The minimum Gasteiger partial charge on any atom is -0.294 e. The quantitative estimate of drug-likeness (QED) is 0.721. The van der Waals surface area contributed by atoms with Gasteiger partial charge in [0.2, 0.25) is 0 Å². The molecule has 0 N–H and O–H groups in total. The van der Waals surface area contributed by atoms with Gasteiger partial charge in [0, 0.05) is 13.3 Å². The summed E-state index contributed by atoms with van der Waals surface area (Å²) in [5.74, 6) is -1.69. The molecule has 0 aliphatic carbocycles. The highest BCUT2D eigenvalue weighted by atomic mass is 19.2. The van der Waals surface area contributed by atoms with Crippen LogP contribution in [0.1, 0.15) is 12.5 Å². The van der Waals surface area contributed by atoms with Crippen molar-refractivity contribution >= 4 is 17.8 Å². The summed E-state index contributed by atoms with van der Waals surface area (Å²) in [6.45, 7) is 1.79. The minimum absolute atomic E-state index is 0.0499. The number of hydrogen-bond donors (Lipinski definition) is 0. The Kier molecular flexibility index (Phi) is 3.41. The largest absolute Gasteiger partial charge is 0.294 e. The molecule has 1 aromatic rings. The zero-order chi connectivity index (χ0) is 13.1. The molecular weight excluding hydrogens is 236 g/mol. The van der Waals surface area contributed by atoms with Gasteiger partial charge in [-0.3, -0.25) is 4.99 Å². The second-order valence-electron chi connectivity index (χ2n) is 3.60. The second kappa shape index (κ2) is 5.00. The summed E-state index contributed by atoms with van der Waals surface area (Å²) in [5.41, 5.74) is 1.19. The van der Waals surface area contributed by atoms with Gasteiger partial charge < -0.3 is 0 Å². The minimum atomic E-state index is -0.940. The molecule has 18 heavy (non-hydrogen) atoms. The van der Waals surface area contributed by atoms with Crippen LogP contribution in [-0.2, 0) is 0 Å². The van der Waals surface area contributed by atoms with Crippen molar-refractivity contribution in [2.24, 2.45) is 15.0 Å². The van der Waals surface area contributed by atoms with Crippen LogP contribution < -0.4 is 0 Å². The normalized spacial score (nSPS) is 17.4. The van der Waals surface area contributed by atoms with Crippen LogP contribution in [0.3, 0.4) is 0 Å². The Labute approximate surface area is 103 Å². The van der Waals surface area contributed by atoms with E-state index in [1.54, 1.807) is 20.0 Å². The predicted octanol–water partition coefficient (Wildman–Crippen LogP) is 2.77. The number of aliphatic imine (C=N–C) groups is 3. The molecule has 1 aliphatic heterocycles. The first-order valence-electron chi connectivity index (χ1n) is 5.38. The first-order valence-corrected chi connectivity index (χ1v) is 5.38. The summed E-state index contributed by atoms with van der Waals surface area (Å²) in [5, 5.41) is 0. The van der Waals surface area contributed by atoms with E-state index in [0.29, 0.717) is 11.4 Å². The van der Waals surface area contributed by atoms with Crippen LogP contribution in [0.15, 0.2) is 44.9 Å². The molecule has 0 saturated heterocycles. The fourth-order valence-electron chi connectivity index (χ4n) is 1.59. The maximum Gasteiger partial charge on any atom is 0.169 e. The average molecular weight is 247 g/mol. The molecule has 0 aromatic heterocycles. The Balaban J connectivity index is 2.50. The van der Waals surface area contributed by atoms with E-state index in [-0.39, 0.29) is 11.4 Å². The lowest BCUT2D eigenvalue weighted by Gasteiger charge is -1.99. The molecule has 1 aromatic carbocycles. The van der Waals surface area contributed by atoms with Crippen LogP contribution >= 0.6 is 0 Å². The molecule has 1 heterocycles. The highest BCUT2D eigenvalue weighted by Crippen LogP contribution is 2.19. The molecule has 3 nitrogen and oxygen atoms in total. The SMILES string of the molecule is C/C=C1/N=C(c2cccc(F)c2F)N=C1C=NC. The lowest BCUT2D eigenvalue weighted by atomic mass is 10.2. The van der Waals surface area contributed by atoms with E-state index in [2.05, 4.69) is 15.0 Å². The summed E-state index contributed by atoms with van der Waals surface area (Å²) >= 11 is 0. The van der Waals surface area contributed by atoms with Crippen molar-refractivity contribution in [1.82, 2.24) is 0 Å². The number of benzene rings is 1. The third-order valence-corrected chi connectivity index (χ3v) is 2.43. The molecule has 0 atom stereocenters. The lowest BCUT2D eigenvalue weighted by molar-refractivity contribution is 0.507. The fourth-order valence-corrected chi connectivity index (χ4v) is 1.59. The first-order chi connectivity index (χ1) is 8.67. The molecule has 0 fully saturated rings. The highest BCUT2D eigenvalue weighted by molar-refractivity contribution is 6.42. The van der Waals surface area contributed by atoms with E-state index in [1.807, 2.05) is 0 Å². The zero-order valence-electron chi connectivity index (χ0n) is 9.98. The number of halogens is 2. The van der Waals surface area contributed by atoms with Crippen LogP contribution in [0.2, 0.25) is 0 Å². The Morgan fingerprint density at radius 2 is 2.00 bits per heavy atom. The van der Waals surface area contributed by atoms with Crippen LogP contribution in [0.5, 0.6) is 0 Å². The van der Waals surface area contributed by atoms with Crippen molar-refractivity contribution in [3.8, 4) is 0 Å². The van der Waals surface area contributed by atoms with Crippen LogP contribution in [-0.4, -0.2) is 24.8 Å². The van der Waals surface area contributed by atoms with Crippen LogP contribution in [0, 0.1) is 11.6 Å². The van der Waals surface area contributed by atoms with E-state index >= 15 is 0 Å². The summed E-state index contributed by atoms with van der Waals surface area (Å²) in [6.07, 6.45) is 3.27. The van der Waals surface area contributed by atoms with Gasteiger partial charge in [0.15, 0.2) is 17.5 Å². The van der Waals surface area contributed by atoms with E-state index in [1.165, 1.54) is 18.3 Å². The molecule has 1 aliphatic rings. The molecule has 5 heteroatoms. The maximum atomic E-state index is 13.6. The van der Waals surface area contributed by atoms with E-state index in [0.717, 1.165) is 6.07 Å². The molecule has 0 amide bonds. The van der Waals surface area contributed by atoms with Gasteiger partial charge >= 0.3 is 0 Å². The average Bonchev–Trinajstić information content (AvgIpc) is 2.76. The molecule has 0 spiro atoms. The van der Waals surface area contributed by atoms with Crippen LogP contribution in [0.4, 0.5) is 8.78 Å². The van der Waals surface area contributed by atoms with Gasteiger partial charge in [-0.25, -0.2) is 18.8 Å². The van der Waals surface area contributed by atoms with Crippen molar-refractivity contribution in [2.45, 2.75) is 6.92 Å². The highest BCUT2D eigenvalue weighted by Gasteiger charge is 2.19. The van der Waals surface area contributed by atoms with E-state index in [4.69, 9.17) is 0 Å². The van der Waals surface area contributed by atoms with Gasteiger partial charge in [-0.2, -0.15) is 0 Å². The number of nitrogens with zero attached hydrogens (tertiary/aromatic N) is 3. The zero-order valence-corrected chi connectivity index (χ0v) is 9.98. The third kappa shape index (κ3) is 2.11. The van der Waals surface area contributed by atoms with Crippen molar-refractivity contribution in [3.05, 3.63) is 47.2 Å². The van der Waals surface area contributed by atoms with Crippen molar-refractivity contribution < 1.29 is 8.78 Å². The Hall–Kier alpha value is -2.17. The maximum absolute atomic E-state index is 13.6. The Morgan fingerprint density at radius 3 is 2.67 bits per heavy atom. The Morgan fingerprint density at radius 1 is 1.22 bits per heavy atom. The van der Waals surface area contributed by atoms with Gasteiger partial charge in [0.05, 0.1) is 11.3 Å². The van der Waals surface area contributed by atoms with E-state index in [9.17, 15) is 8.78 Å². The molecule has 0 saturated carbocycles. The standard InChI is InChI=1S/C13H11F2N3/c1-3-10-11(7-16-2)18-13(17-10)8-5-4-6-9(14)12(8)15/h3-7H,1-2H3/b10-3+,16-7?. The smallest absolute Gasteiger partial charge is 0.169 e. The predicted molar refractivity (Wildman–Crippen MR) is 68.5 cm³/mol. The molecular formula is C13H11F2N3. The number of rotatable bonds is 2. The summed E-state index contributed by atoms with van der Waals surface area (Å²) in [4.78, 5) is 12.1. The summed E-state index contributed by atoms with van der Waals surface area (Å²) in [6, 6.07) is 3.93. The topological polar surface area (TPSA) is 37.1 Å². The third-order valence-electron chi connectivity index (χ3n) is 2.43. The number of hydrogen-bond acceptors (Lipinski definition) is 3. The molecule has 2 rings (SSSR count). The van der Waals surface area contributed by atoms with Crippen molar-refractivity contribution in [3.63, 3.8) is 0 Å². The van der Waals surface area contributed by atoms with Crippen molar-refractivity contribution in [1.29, 1.82) is 0 Å². The molecule has 92 valence electrons. The van der Waals surface area contributed by atoms with Gasteiger partial charge in [-0.15, -0.1) is 0 Å². The van der Waals surface area contributed by atoms with Crippen LogP contribution in [0.25, 0.3) is 0 Å². The van der Waals surface area contributed by atoms with Gasteiger partial charge in [0.25, 0.3) is 0 Å². The number of allylic oxidation sites excluding steroid dienone is 2. The lowest BCUT2D eigenvalue weighted by Crippen LogP contribution is -2.02.